The predicted octanol–water partition coefficient (Wildman–Crippen LogP) is 1.41. The highest BCUT2D eigenvalue weighted by Gasteiger charge is 2.25. The molecule has 0 aliphatic carbocycles. The third-order valence-electron chi connectivity index (χ3n) is 2.11. The van der Waals surface area contributed by atoms with Gasteiger partial charge in [0.1, 0.15) is 5.44 Å². The number of rotatable bonds is 2. The summed E-state index contributed by atoms with van der Waals surface area (Å²) < 4.78 is 16.9. The zero-order valence-electron chi connectivity index (χ0n) is 7.47. The maximum atomic E-state index is 11.7. The third-order valence-corrected chi connectivity index (χ3v) is 3.70. The highest BCUT2D eigenvalue weighted by molar-refractivity contribution is 7.85. The van der Waals surface area contributed by atoms with Gasteiger partial charge in [-0.2, -0.15) is 5.26 Å². The molecule has 14 heavy (non-hydrogen) atoms. The van der Waals surface area contributed by atoms with Gasteiger partial charge in [0.15, 0.2) is 0 Å². The van der Waals surface area contributed by atoms with E-state index in [4.69, 9.17) is 10.00 Å². The molecule has 1 fully saturated rings. The number of nitrogens with zero attached hydrogens (tertiary/aromatic N) is 1. The lowest BCUT2D eigenvalue weighted by atomic mass is 10.2. The number of ether oxygens (including phenoxy) is 1. The van der Waals surface area contributed by atoms with Crippen LogP contribution >= 0.6 is 0 Å². The van der Waals surface area contributed by atoms with Crippen molar-refractivity contribution in [1.82, 2.24) is 0 Å². The van der Waals surface area contributed by atoms with Crippen LogP contribution in [0.4, 0.5) is 0 Å². The van der Waals surface area contributed by atoms with Crippen molar-refractivity contribution < 1.29 is 8.95 Å². The molecular weight excluding hydrogens is 198 g/mol. The highest BCUT2D eigenvalue weighted by Crippen LogP contribution is 2.21. The van der Waals surface area contributed by atoms with Crippen LogP contribution in [0.15, 0.2) is 29.2 Å². The Balaban J connectivity index is 2.16. The lowest BCUT2D eigenvalue weighted by Gasteiger charge is -2.25. The van der Waals surface area contributed by atoms with Gasteiger partial charge in [-0.15, -0.1) is 0 Å². The molecule has 3 nitrogen and oxygen atoms in total. The smallest absolute Gasteiger partial charge is 0.139 e. The molecule has 0 spiro atoms. The van der Waals surface area contributed by atoms with E-state index in [9.17, 15) is 4.21 Å². The van der Waals surface area contributed by atoms with Gasteiger partial charge < -0.3 is 4.74 Å². The zero-order valence-corrected chi connectivity index (χ0v) is 8.29. The number of nitriles is 1. The van der Waals surface area contributed by atoms with Crippen LogP contribution in [0.1, 0.15) is 12.0 Å². The van der Waals surface area contributed by atoms with E-state index in [0.29, 0.717) is 12.2 Å². The molecule has 1 aliphatic rings. The molecule has 72 valence electrons. The van der Waals surface area contributed by atoms with Gasteiger partial charge in [-0.1, -0.05) is 0 Å². The van der Waals surface area contributed by atoms with Crippen molar-refractivity contribution in [2.75, 3.05) is 6.61 Å². The summed E-state index contributed by atoms with van der Waals surface area (Å²) in [6, 6.07) is 8.80. The summed E-state index contributed by atoms with van der Waals surface area (Å²) in [4.78, 5) is 0.730. The Bertz CT molecular complexity index is 390. The van der Waals surface area contributed by atoms with Crippen LogP contribution < -0.4 is 0 Å². The monoisotopic (exact) mass is 207 g/mol. The summed E-state index contributed by atoms with van der Waals surface area (Å²) in [7, 11) is -1.08. The normalized spacial score (nSPS) is 22.1. The molecule has 2 atom stereocenters. The predicted molar refractivity (Wildman–Crippen MR) is 51.9 cm³/mol. The van der Waals surface area contributed by atoms with E-state index in [2.05, 4.69) is 0 Å². The van der Waals surface area contributed by atoms with Crippen LogP contribution in [-0.2, 0) is 15.5 Å². The molecule has 0 bridgehead atoms. The maximum Gasteiger partial charge on any atom is 0.139 e. The minimum Gasteiger partial charge on any atom is -0.364 e. The van der Waals surface area contributed by atoms with E-state index in [1.807, 2.05) is 6.07 Å². The Labute approximate surface area is 84.8 Å². The molecule has 1 aromatic rings. The second kappa shape index (κ2) is 3.91. The van der Waals surface area contributed by atoms with Crippen molar-refractivity contribution in [1.29, 1.82) is 5.26 Å². The van der Waals surface area contributed by atoms with Gasteiger partial charge in [-0.3, -0.25) is 4.21 Å². The molecule has 0 aromatic heterocycles. The fourth-order valence-corrected chi connectivity index (χ4v) is 2.44. The molecule has 0 N–H and O–H groups in total. The van der Waals surface area contributed by atoms with Gasteiger partial charge in [0.25, 0.3) is 0 Å². The molecule has 1 saturated heterocycles. The molecular formula is C10H9NO2S. The van der Waals surface area contributed by atoms with Gasteiger partial charge in [-0.25, -0.2) is 0 Å². The summed E-state index contributed by atoms with van der Waals surface area (Å²) in [6.07, 6.45) is 0.854. The Morgan fingerprint density at radius 3 is 2.50 bits per heavy atom. The first-order valence-electron chi connectivity index (χ1n) is 4.33. The zero-order chi connectivity index (χ0) is 9.97. The summed E-state index contributed by atoms with van der Waals surface area (Å²) in [5, 5.41) is 8.58. The van der Waals surface area contributed by atoms with E-state index >= 15 is 0 Å². The fraction of sp³-hybridized carbons (Fsp3) is 0.300. The van der Waals surface area contributed by atoms with Crippen LogP contribution in [0, 0.1) is 11.3 Å². The fourth-order valence-electron chi connectivity index (χ4n) is 1.20. The molecule has 0 saturated carbocycles. The topological polar surface area (TPSA) is 50.1 Å². The standard InChI is InChI=1S/C10H9NO2S/c11-7-8-1-3-9(4-2-8)14(12)10-5-6-13-10/h1-4,10H,5-6H2. The first kappa shape index (κ1) is 9.38. The first-order valence-corrected chi connectivity index (χ1v) is 5.55. The largest absolute Gasteiger partial charge is 0.364 e. The number of hydrogen-bond donors (Lipinski definition) is 0. The first-order chi connectivity index (χ1) is 6.81. The van der Waals surface area contributed by atoms with E-state index < -0.39 is 10.8 Å². The molecule has 1 aromatic carbocycles. The van der Waals surface area contributed by atoms with Crippen LogP contribution in [-0.4, -0.2) is 16.3 Å². The van der Waals surface area contributed by atoms with E-state index in [1.54, 1.807) is 24.3 Å². The number of benzene rings is 1. The van der Waals surface area contributed by atoms with Crippen LogP contribution in [0.2, 0.25) is 0 Å². The molecule has 0 radical (unpaired) electrons. The van der Waals surface area contributed by atoms with Crippen LogP contribution in [0.3, 0.4) is 0 Å². The number of hydrogen-bond acceptors (Lipinski definition) is 3. The van der Waals surface area contributed by atoms with Crippen molar-refractivity contribution >= 4 is 10.8 Å². The summed E-state index contributed by atoms with van der Waals surface area (Å²) in [5.41, 5.74) is 0.434. The third kappa shape index (κ3) is 1.69. The van der Waals surface area contributed by atoms with Gasteiger partial charge in [-0.05, 0) is 24.3 Å². The maximum absolute atomic E-state index is 11.7. The van der Waals surface area contributed by atoms with E-state index in [-0.39, 0.29) is 5.44 Å². The van der Waals surface area contributed by atoms with Crippen molar-refractivity contribution in [3.63, 3.8) is 0 Å². The Kier molecular flexibility index (Phi) is 2.62. The second-order valence-electron chi connectivity index (χ2n) is 3.02. The van der Waals surface area contributed by atoms with Crippen molar-refractivity contribution in [3.05, 3.63) is 29.8 Å². The molecule has 0 amide bonds. The molecule has 2 rings (SSSR count). The summed E-state index contributed by atoms with van der Waals surface area (Å²) in [5.74, 6) is 0. The van der Waals surface area contributed by atoms with Crippen LogP contribution in [0.5, 0.6) is 0 Å². The highest BCUT2D eigenvalue weighted by atomic mass is 32.2. The Morgan fingerprint density at radius 2 is 2.07 bits per heavy atom. The van der Waals surface area contributed by atoms with E-state index in [1.165, 1.54) is 0 Å². The lowest BCUT2D eigenvalue weighted by Crippen LogP contribution is -2.31. The molecule has 1 aliphatic heterocycles. The van der Waals surface area contributed by atoms with Gasteiger partial charge in [0.05, 0.1) is 29.0 Å². The van der Waals surface area contributed by atoms with Crippen molar-refractivity contribution in [2.45, 2.75) is 16.8 Å². The molecule has 1 heterocycles. The van der Waals surface area contributed by atoms with Gasteiger partial charge in [0.2, 0.25) is 0 Å². The van der Waals surface area contributed by atoms with Gasteiger partial charge in [0, 0.05) is 11.3 Å². The Hall–Kier alpha value is -1.18. The minimum absolute atomic E-state index is 0.150. The second-order valence-corrected chi connectivity index (χ2v) is 4.61. The summed E-state index contributed by atoms with van der Waals surface area (Å²) in [6.45, 7) is 0.701. The molecule has 4 heteroatoms. The average Bonchev–Trinajstić information content (AvgIpc) is 2.15. The van der Waals surface area contributed by atoms with Crippen molar-refractivity contribution in [3.8, 4) is 6.07 Å². The van der Waals surface area contributed by atoms with E-state index in [0.717, 1.165) is 11.3 Å². The minimum atomic E-state index is -1.08. The van der Waals surface area contributed by atoms with Crippen LogP contribution in [0.25, 0.3) is 0 Å². The SMILES string of the molecule is N#Cc1ccc(S(=O)C2CCO2)cc1. The average molecular weight is 207 g/mol. The summed E-state index contributed by atoms with van der Waals surface area (Å²) >= 11 is 0. The lowest BCUT2D eigenvalue weighted by molar-refractivity contribution is 0.00639. The van der Waals surface area contributed by atoms with Gasteiger partial charge >= 0.3 is 0 Å². The molecule has 2 unspecified atom stereocenters. The van der Waals surface area contributed by atoms with Crippen molar-refractivity contribution in [2.24, 2.45) is 0 Å². The quantitative estimate of drug-likeness (QED) is 0.736. The Morgan fingerprint density at radius 1 is 1.43 bits per heavy atom.